The van der Waals surface area contributed by atoms with E-state index in [1.165, 1.54) is 0 Å². The lowest BCUT2D eigenvalue weighted by Gasteiger charge is -2.09. The molecular weight excluding hydrogens is 475 g/mol. The fourth-order valence-electron chi connectivity index (χ4n) is 4.63. The van der Waals surface area contributed by atoms with Gasteiger partial charge in [-0.25, -0.2) is 4.79 Å². The van der Waals surface area contributed by atoms with Crippen LogP contribution in [0.1, 0.15) is 10.6 Å². The second kappa shape index (κ2) is 7.61. The molecule has 1 amide bonds. The highest BCUT2D eigenvalue weighted by atomic mass is 19.4. The van der Waals surface area contributed by atoms with Crippen LogP contribution < -0.4 is 5.32 Å². The zero-order chi connectivity index (χ0) is 25.2. The maximum atomic E-state index is 13.2. The van der Waals surface area contributed by atoms with E-state index >= 15 is 0 Å². The number of rotatable bonds is 3. The van der Waals surface area contributed by atoms with Crippen LogP contribution in [-0.2, 0) is 4.79 Å². The Morgan fingerprint density at radius 2 is 1.25 bits per heavy atom. The van der Waals surface area contributed by atoms with Crippen molar-refractivity contribution in [3.63, 3.8) is 0 Å². The first-order valence-corrected chi connectivity index (χ1v) is 10.7. The molecule has 0 radical (unpaired) electrons. The molecule has 0 fully saturated rings. The molecule has 2 heterocycles. The van der Waals surface area contributed by atoms with Crippen LogP contribution in [0.15, 0.2) is 81.6 Å². The number of carbonyl (C=O) groups is 2. The molecular formula is C27H14F3NO5. The van der Waals surface area contributed by atoms with E-state index in [1.54, 1.807) is 66.0 Å². The number of halogens is 3. The Labute approximate surface area is 199 Å². The van der Waals surface area contributed by atoms with E-state index in [4.69, 9.17) is 8.83 Å². The van der Waals surface area contributed by atoms with Crippen LogP contribution >= 0.6 is 0 Å². The molecule has 6 nitrogen and oxygen atoms in total. The Morgan fingerprint density at radius 3 is 1.81 bits per heavy atom. The molecule has 0 saturated heterocycles. The number of nitrogens with one attached hydrogen (secondary N) is 1. The number of carboxylic acid groups (broad SMARTS) is 1. The predicted molar refractivity (Wildman–Crippen MR) is 128 cm³/mol. The Kier molecular flexibility index (Phi) is 4.59. The molecule has 178 valence electrons. The van der Waals surface area contributed by atoms with Crippen molar-refractivity contribution in [3.8, 4) is 11.1 Å². The number of hydrogen-bond acceptors (Lipinski definition) is 4. The molecule has 0 unspecified atom stereocenters. The van der Waals surface area contributed by atoms with Gasteiger partial charge in [-0.1, -0.05) is 60.7 Å². The van der Waals surface area contributed by atoms with Gasteiger partial charge in [0, 0.05) is 16.3 Å². The van der Waals surface area contributed by atoms with E-state index in [0.717, 1.165) is 10.8 Å². The topological polar surface area (TPSA) is 92.7 Å². The normalized spacial score (nSPS) is 12.1. The number of carboxylic acids is 1. The van der Waals surface area contributed by atoms with Crippen molar-refractivity contribution in [1.82, 2.24) is 0 Å². The number of fused-ring (bicyclic) bond motifs is 6. The van der Waals surface area contributed by atoms with Gasteiger partial charge < -0.3 is 13.9 Å². The van der Waals surface area contributed by atoms with Gasteiger partial charge in [-0.05, 0) is 33.7 Å². The number of anilines is 1. The monoisotopic (exact) mass is 489 g/mol. The van der Waals surface area contributed by atoms with Gasteiger partial charge in [-0.2, -0.15) is 13.2 Å². The molecule has 36 heavy (non-hydrogen) atoms. The molecule has 9 heteroatoms. The lowest BCUT2D eigenvalue weighted by atomic mass is 9.94. The van der Waals surface area contributed by atoms with Gasteiger partial charge in [0.2, 0.25) is 11.6 Å². The van der Waals surface area contributed by atoms with E-state index in [1.807, 2.05) is 12.1 Å². The van der Waals surface area contributed by atoms with Crippen LogP contribution in [0.5, 0.6) is 0 Å². The fourth-order valence-corrected chi connectivity index (χ4v) is 4.63. The first-order chi connectivity index (χ1) is 17.2. The highest BCUT2D eigenvalue weighted by molar-refractivity contribution is 6.25. The van der Waals surface area contributed by atoms with Crippen LogP contribution in [0.3, 0.4) is 0 Å². The summed E-state index contributed by atoms with van der Waals surface area (Å²) in [5, 5.41) is 15.3. The van der Waals surface area contributed by atoms with Crippen molar-refractivity contribution in [1.29, 1.82) is 0 Å². The van der Waals surface area contributed by atoms with Crippen LogP contribution in [0.2, 0.25) is 0 Å². The quantitative estimate of drug-likeness (QED) is 0.271. The Bertz CT molecular complexity index is 1860. The zero-order valence-corrected chi connectivity index (χ0v) is 18.1. The number of aromatic carboxylic acids is 1. The SMILES string of the molecule is O=C(O)c1oc2ccc3ccccc3c2c1-c1c(NC(=O)C(F)(F)F)oc2ccc3ccccc3c12. The summed E-state index contributed by atoms with van der Waals surface area (Å²) in [4.78, 5) is 24.3. The van der Waals surface area contributed by atoms with Crippen molar-refractivity contribution < 1.29 is 36.7 Å². The number of furan rings is 2. The molecule has 4 aromatic carbocycles. The van der Waals surface area contributed by atoms with Crippen LogP contribution in [-0.4, -0.2) is 23.2 Å². The minimum absolute atomic E-state index is 0.00750. The number of carbonyl (C=O) groups excluding carboxylic acids is 1. The molecule has 2 N–H and O–H groups in total. The summed E-state index contributed by atoms with van der Waals surface area (Å²) in [5.41, 5.74) is 0.407. The molecule has 6 aromatic rings. The smallest absolute Gasteiger partial charge is 0.471 e. The van der Waals surface area contributed by atoms with Crippen molar-refractivity contribution in [2.45, 2.75) is 6.18 Å². The van der Waals surface area contributed by atoms with Crippen molar-refractivity contribution >= 4 is 61.2 Å². The maximum Gasteiger partial charge on any atom is 0.471 e. The molecule has 0 atom stereocenters. The fraction of sp³-hybridized carbons (Fsp3) is 0.0370. The lowest BCUT2D eigenvalue weighted by molar-refractivity contribution is -0.167. The predicted octanol–water partition coefficient (Wildman–Crippen LogP) is 7.35. The highest BCUT2D eigenvalue weighted by Crippen LogP contribution is 2.48. The summed E-state index contributed by atoms with van der Waals surface area (Å²) in [6.07, 6.45) is -5.20. The standard InChI is InChI=1S/C27H14F3NO5/c28-27(29,30)26(34)31-24-22(20-16-8-4-2-6-14(16)10-12-18(20)36-24)21-19-15-7-3-1-5-13(15)9-11-17(19)35-23(21)25(32)33/h1-12H,(H,31,34)(H,32,33). The number of amides is 1. The van der Waals surface area contributed by atoms with Crippen molar-refractivity contribution in [2.24, 2.45) is 0 Å². The van der Waals surface area contributed by atoms with Gasteiger partial charge in [0.1, 0.15) is 11.2 Å². The summed E-state index contributed by atoms with van der Waals surface area (Å²) in [5.74, 6) is -4.68. The maximum absolute atomic E-state index is 13.2. The molecule has 0 aliphatic carbocycles. The number of alkyl halides is 3. The summed E-state index contributed by atoms with van der Waals surface area (Å²) >= 11 is 0. The molecule has 0 aliphatic heterocycles. The summed E-state index contributed by atoms with van der Waals surface area (Å²) < 4.78 is 51.1. The third kappa shape index (κ3) is 3.20. The van der Waals surface area contributed by atoms with E-state index < -0.39 is 29.7 Å². The third-order valence-corrected chi connectivity index (χ3v) is 6.09. The van der Waals surface area contributed by atoms with Gasteiger partial charge in [-0.15, -0.1) is 0 Å². The average molecular weight is 489 g/mol. The van der Waals surface area contributed by atoms with E-state index in [9.17, 15) is 27.9 Å². The molecule has 0 bridgehead atoms. The molecule has 0 spiro atoms. The van der Waals surface area contributed by atoms with Gasteiger partial charge in [-0.3, -0.25) is 10.1 Å². The first kappa shape index (κ1) is 21.7. The van der Waals surface area contributed by atoms with Crippen LogP contribution in [0.4, 0.5) is 19.1 Å². The Hall–Kier alpha value is -4.79. The second-order valence-electron chi connectivity index (χ2n) is 8.19. The number of benzene rings is 4. The summed E-state index contributed by atoms with van der Waals surface area (Å²) in [6.45, 7) is 0. The third-order valence-electron chi connectivity index (χ3n) is 6.09. The van der Waals surface area contributed by atoms with Crippen LogP contribution in [0, 0.1) is 0 Å². The van der Waals surface area contributed by atoms with Crippen molar-refractivity contribution in [2.75, 3.05) is 5.32 Å². The van der Waals surface area contributed by atoms with Crippen LogP contribution in [0.25, 0.3) is 54.6 Å². The second-order valence-corrected chi connectivity index (χ2v) is 8.19. The zero-order valence-electron chi connectivity index (χ0n) is 18.1. The van der Waals surface area contributed by atoms with Crippen molar-refractivity contribution in [3.05, 3.63) is 78.6 Å². The molecule has 2 aromatic heterocycles. The van der Waals surface area contributed by atoms with E-state index in [0.29, 0.717) is 21.5 Å². The largest absolute Gasteiger partial charge is 0.475 e. The highest BCUT2D eigenvalue weighted by Gasteiger charge is 2.40. The van der Waals surface area contributed by atoms with Gasteiger partial charge in [0.25, 0.3) is 0 Å². The molecule has 6 rings (SSSR count). The van der Waals surface area contributed by atoms with Gasteiger partial charge >= 0.3 is 18.1 Å². The van der Waals surface area contributed by atoms with E-state index in [-0.39, 0.29) is 22.3 Å². The number of hydrogen-bond donors (Lipinski definition) is 2. The van der Waals surface area contributed by atoms with E-state index in [2.05, 4.69) is 0 Å². The Morgan fingerprint density at radius 1 is 0.722 bits per heavy atom. The minimum Gasteiger partial charge on any atom is -0.475 e. The average Bonchev–Trinajstić information content (AvgIpc) is 3.41. The first-order valence-electron chi connectivity index (χ1n) is 10.7. The molecule has 0 aliphatic rings. The lowest BCUT2D eigenvalue weighted by Crippen LogP contribution is -2.29. The minimum atomic E-state index is -5.20. The van der Waals surface area contributed by atoms with Gasteiger partial charge in [0.15, 0.2) is 0 Å². The molecule has 0 saturated carbocycles. The Balaban J connectivity index is 1.82. The summed E-state index contributed by atoms with van der Waals surface area (Å²) in [7, 11) is 0. The summed E-state index contributed by atoms with van der Waals surface area (Å²) in [6, 6.07) is 20.9. The van der Waals surface area contributed by atoms with Gasteiger partial charge in [0.05, 0.1) is 5.56 Å².